The Balaban J connectivity index is 2.30. The van der Waals surface area contributed by atoms with Crippen molar-refractivity contribution in [3.63, 3.8) is 0 Å². The van der Waals surface area contributed by atoms with Gasteiger partial charge in [0.2, 0.25) is 5.91 Å². The van der Waals surface area contributed by atoms with Crippen molar-refractivity contribution in [1.82, 2.24) is 14.6 Å². The van der Waals surface area contributed by atoms with Crippen molar-refractivity contribution in [3.8, 4) is 11.3 Å². The first-order chi connectivity index (χ1) is 8.77. The number of carbonyl (C=O) groups excluding carboxylic acids is 1. The topological polar surface area (TPSA) is 73.3 Å². The molecule has 3 rings (SSSR count). The van der Waals surface area contributed by atoms with Gasteiger partial charge in [-0.05, 0) is 18.2 Å². The van der Waals surface area contributed by atoms with Gasteiger partial charge in [0.05, 0.1) is 11.9 Å². The molecule has 0 unspecified atom stereocenters. The average Bonchev–Trinajstić information content (AvgIpc) is 2.82. The van der Waals surface area contributed by atoms with E-state index in [-0.39, 0.29) is 0 Å². The summed E-state index contributed by atoms with van der Waals surface area (Å²) in [6, 6.07) is 10.8. The second kappa shape index (κ2) is 3.96. The molecule has 1 aromatic carbocycles. The van der Waals surface area contributed by atoms with E-state index in [1.807, 2.05) is 24.3 Å². The number of carbonyl (C=O) groups is 1. The normalized spacial score (nSPS) is 10.7. The molecule has 0 atom stereocenters. The van der Waals surface area contributed by atoms with Crippen LogP contribution in [0.3, 0.4) is 0 Å². The predicted octanol–water partition coefficient (Wildman–Crippen LogP) is 1.50. The van der Waals surface area contributed by atoms with Gasteiger partial charge in [-0.3, -0.25) is 4.79 Å². The molecule has 0 saturated carbocycles. The molecule has 0 bridgehead atoms. The highest BCUT2D eigenvalue weighted by atomic mass is 16.1. The number of imidazole rings is 1. The zero-order chi connectivity index (χ0) is 12.5. The minimum Gasteiger partial charge on any atom is -0.366 e. The molecule has 5 nitrogen and oxygen atoms in total. The summed E-state index contributed by atoms with van der Waals surface area (Å²) in [6.45, 7) is 0. The molecule has 5 heteroatoms. The van der Waals surface area contributed by atoms with Gasteiger partial charge in [-0.1, -0.05) is 18.2 Å². The number of fused-ring (bicyclic) bond motifs is 1. The first-order valence-corrected chi connectivity index (χ1v) is 5.45. The minimum atomic E-state index is -0.462. The van der Waals surface area contributed by atoms with E-state index < -0.39 is 5.91 Å². The number of hydrogen-bond donors (Lipinski definition) is 1. The molecule has 0 aliphatic rings. The summed E-state index contributed by atoms with van der Waals surface area (Å²) < 4.78 is 1.68. The molecular formula is C13H10N4O. The van der Waals surface area contributed by atoms with Crippen LogP contribution in [0.25, 0.3) is 16.9 Å². The van der Waals surface area contributed by atoms with Crippen molar-refractivity contribution in [3.05, 3.63) is 54.4 Å². The smallest absolute Gasteiger partial charge is 0.249 e. The molecule has 18 heavy (non-hydrogen) atoms. The van der Waals surface area contributed by atoms with E-state index in [9.17, 15) is 4.79 Å². The number of aromatic nitrogens is 3. The zero-order valence-electron chi connectivity index (χ0n) is 9.45. The van der Waals surface area contributed by atoms with E-state index in [2.05, 4.69) is 10.1 Å². The van der Waals surface area contributed by atoms with Crippen molar-refractivity contribution in [2.24, 2.45) is 5.73 Å². The maximum Gasteiger partial charge on any atom is 0.249 e. The van der Waals surface area contributed by atoms with Crippen LogP contribution in [0.15, 0.2) is 48.8 Å². The van der Waals surface area contributed by atoms with Gasteiger partial charge < -0.3 is 5.73 Å². The molecular weight excluding hydrogens is 228 g/mol. The average molecular weight is 238 g/mol. The summed E-state index contributed by atoms with van der Waals surface area (Å²) in [6.07, 6.45) is 3.36. The number of amides is 1. The maximum absolute atomic E-state index is 11.4. The van der Waals surface area contributed by atoms with E-state index in [4.69, 9.17) is 5.73 Å². The summed E-state index contributed by atoms with van der Waals surface area (Å²) in [5, 5.41) is 4.22. The summed E-state index contributed by atoms with van der Waals surface area (Å²) >= 11 is 0. The molecule has 0 fully saturated rings. The lowest BCUT2D eigenvalue weighted by atomic mass is 10.0. The van der Waals surface area contributed by atoms with Gasteiger partial charge in [0, 0.05) is 17.3 Å². The zero-order valence-corrected chi connectivity index (χ0v) is 9.45. The third-order valence-corrected chi connectivity index (χ3v) is 2.75. The summed E-state index contributed by atoms with van der Waals surface area (Å²) in [5.41, 5.74) is 8.05. The number of nitrogens with two attached hydrogens (primary N) is 1. The monoisotopic (exact) mass is 238 g/mol. The van der Waals surface area contributed by atoms with Gasteiger partial charge in [0.25, 0.3) is 0 Å². The van der Waals surface area contributed by atoms with Crippen LogP contribution in [0.5, 0.6) is 0 Å². The lowest BCUT2D eigenvalue weighted by Crippen LogP contribution is -2.12. The number of rotatable bonds is 2. The standard InChI is InChI=1S/C13H10N4O/c14-13(18)10-5-2-1-4-9(10)11-8-15-12-6-3-7-16-17(11)12/h1-8H,(H2,14,18). The highest BCUT2D eigenvalue weighted by Gasteiger charge is 2.13. The largest absolute Gasteiger partial charge is 0.366 e. The molecule has 1 amide bonds. The van der Waals surface area contributed by atoms with Gasteiger partial charge in [-0.15, -0.1) is 0 Å². The number of nitrogens with zero attached hydrogens (tertiary/aromatic N) is 3. The van der Waals surface area contributed by atoms with Gasteiger partial charge in [0.15, 0.2) is 5.65 Å². The van der Waals surface area contributed by atoms with Gasteiger partial charge >= 0.3 is 0 Å². The van der Waals surface area contributed by atoms with Crippen molar-refractivity contribution in [1.29, 1.82) is 0 Å². The van der Waals surface area contributed by atoms with Crippen LogP contribution < -0.4 is 5.73 Å². The lowest BCUT2D eigenvalue weighted by molar-refractivity contribution is 0.100. The number of benzene rings is 1. The first kappa shape index (κ1) is 10.5. The fourth-order valence-corrected chi connectivity index (χ4v) is 1.93. The molecule has 0 saturated heterocycles. The van der Waals surface area contributed by atoms with Crippen LogP contribution in [-0.2, 0) is 0 Å². The minimum absolute atomic E-state index is 0.462. The third-order valence-electron chi connectivity index (χ3n) is 2.75. The molecule has 2 N–H and O–H groups in total. The number of primary amides is 1. The van der Waals surface area contributed by atoms with Crippen molar-refractivity contribution >= 4 is 11.6 Å². The van der Waals surface area contributed by atoms with Crippen LogP contribution in [0, 0.1) is 0 Å². The van der Waals surface area contributed by atoms with Gasteiger partial charge in [-0.2, -0.15) is 5.10 Å². The Bertz CT molecular complexity index is 732. The Kier molecular flexibility index (Phi) is 2.30. The van der Waals surface area contributed by atoms with Crippen LogP contribution in [0.2, 0.25) is 0 Å². The van der Waals surface area contributed by atoms with E-state index in [1.165, 1.54) is 0 Å². The Labute approximate surface area is 103 Å². The van der Waals surface area contributed by atoms with Crippen LogP contribution >= 0.6 is 0 Å². The summed E-state index contributed by atoms with van der Waals surface area (Å²) in [7, 11) is 0. The molecule has 2 aromatic heterocycles. The van der Waals surface area contributed by atoms with E-state index in [1.54, 1.807) is 29.0 Å². The van der Waals surface area contributed by atoms with E-state index >= 15 is 0 Å². The van der Waals surface area contributed by atoms with Crippen LogP contribution in [-0.4, -0.2) is 20.5 Å². The van der Waals surface area contributed by atoms with Gasteiger partial charge in [0.1, 0.15) is 0 Å². The highest BCUT2D eigenvalue weighted by molar-refractivity contribution is 5.99. The Hall–Kier alpha value is -2.69. The summed E-state index contributed by atoms with van der Waals surface area (Å²) in [4.78, 5) is 15.7. The number of hydrogen-bond acceptors (Lipinski definition) is 3. The SMILES string of the molecule is NC(=O)c1ccccc1-c1cnc2cccnn12. The van der Waals surface area contributed by atoms with Crippen molar-refractivity contribution in [2.45, 2.75) is 0 Å². The van der Waals surface area contributed by atoms with Crippen molar-refractivity contribution < 1.29 is 4.79 Å². The fourth-order valence-electron chi connectivity index (χ4n) is 1.93. The molecule has 0 aliphatic carbocycles. The Morgan fingerprint density at radius 2 is 2.00 bits per heavy atom. The highest BCUT2D eigenvalue weighted by Crippen LogP contribution is 2.23. The summed E-state index contributed by atoms with van der Waals surface area (Å²) in [5.74, 6) is -0.462. The van der Waals surface area contributed by atoms with Crippen LogP contribution in [0.1, 0.15) is 10.4 Å². The second-order valence-electron chi connectivity index (χ2n) is 3.85. The molecule has 0 radical (unpaired) electrons. The molecule has 0 aliphatic heterocycles. The van der Waals surface area contributed by atoms with Gasteiger partial charge in [-0.25, -0.2) is 9.50 Å². The predicted molar refractivity (Wildman–Crippen MR) is 66.9 cm³/mol. The molecule has 0 spiro atoms. The second-order valence-corrected chi connectivity index (χ2v) is 3.85. The lowest BCUT2D eigenvalue weighted by Gasteiger charge is -2.05. The first-order valence-electron chi connectivity index (χ1n) is 5.45. The fraction of sp³-hybridized carbons (Fsp3) is 0. The van der Waals surface area contributed by atoms with Crippen LogP contribution in [0.4, 0.5) is 0 Å². The molecule has 3 aromatic rings. The molecule has 88 valence electrons. The maximum atomic E-state index is 11.4. The molecule has 2 heterocycles. The quantitative estimate of drug-likeness (QED) is 0.735. The Morgan fingerprint density at radius 3 is 2.83 bits per heavy atom. The Morgan fingerprint density at radius 1 is 1.17 bits per heavy atom. The van der Waals surface area contributed by atoms with Crippen molar-refractivity contribution in [2.75, 3.05) is 0 Å². The third kappa shape index (κ3) is 1.53. The van der Waals surface area contributed by atoms with E-state index in [0.717, 1.165) is 16.9 Å². The van der Waals surface area contributed by atoms with E-state index in [0.29, 0.717) is 5.56 Å².